The predicted octanol–water partition coefficient (Wildman–Crippen LogP) is -0.509. The van der Waals surface area contributed by atoms with E-state index in [4.69, 9.17) is 0 Å². The maximum atomic E-state index is 12.3. The van der Waals surface area contributed by atoms with Gasteiger partial charge in [-0.05, 0) is 12.8 Å². The summed E-state index contributed by atoms with van der Waals surface area (Å²) < 4.78 is 27.6. The maximum Gasteiger partial charge on any atom is 0.282 e. The molecule has 0 spiro atoms. The lowest BCUT2D eigenvalue weighted by Crippen LogP contribution is -2.53. The van der Waals surface area contributed by atoms with Crippen molar-refractivity contribution < 1.29 is 13.2 Å². The second-order valence-corrected chi connectivity index (χ2v) is 6.44. The maximum absolute atomic E-state index is 12.3. The highest BCUT2D eigenvalue weighted by molar-refractivity contribution is 7.86. The summed E-state index contributed by atoms with van der Waals surface area (Å²) in [5, 5.41) is 0. The lowest BCUT2D eigenvalue weighted by Gasteiger charge is -2.36. The van der Waals surface area contributed by atoms with Gasteiger partial charge in [0.25, 0.3) is 10.2 Å². The fraction of sp³-hybridized carbons (Fsp3) is 0.900. The highest BCUT2D eigenvalue weighted by Crippen LogP contribution is 2.17. The van der Waals surface area contributed by atoms with Gasteiger partial charge in [-0.15, -0.1) is 0 Å². The molecular weight excluding hydrogens is 242 g/mol. The lowest BCUT2D eigenvalue weighted by atomic mass is 10.2. The molecule has 2 aliphatic heterocycles. The standard InChI is InChI=1S/C10H19N3O3S/c14-10-11-6-8-13(9-7-11)17(15,16)12-4-2-1-3-5-12/h10H,1-9H2. The molecule has 0 bridgehead atoms. The zero-order valence-electron chi connectivity index (χ0n) is 9.92. The van der Waals surface area contributed by atoms with Crippen LogP contribution in [0.5, 0.6) is 0 Å². The van der Waals surface area contributed by atoms with Crippen molar-refractivity contribution in [2.24, 2.45) is 0 Å². The molecule has 0 aliphatic carbocycles. The molecule has 0 radical (unpaired) electrons. The molecule has 2 aliphatic rings. The molecule has 0 aromatic rings. The minimum atomic E-state index is -3.29. The third-order valence-electron chi connectivity index (χ3n) is 3.39. The van der Waals surface area contributed by atoms with E-state index in [1.54, 1.807) is 9.21 Å². The highest BCUT2D eigenvalue weighted by Gasteiger charge is 2.32. The van der Waals surface area contributed by atoms with Crippen LogP contribution in [0.15, 0.2) is 0 Å². The Kier molecular flexibility index (Phi) is 4.01. The fourth-order valence-corrected chi connectivity index (χ4v) is 3.97. The molecule has 0 unspecified atom stereocenters. The summed E-state index contributed by atoms with van der Waals surface area (Å²) in [6.07, 6.45) is 3.80. The number of hydrogen-bond donors (Lipinski definition) is 0. The van der Waals surface area contributed by atoms with Crippen LogP contribution in [-0.2, 0) is 15.0 Å². The van der Waals surface area contributed by atoms with Crippen LogP contribution in [0.4, 0.5) is 0 Å². The van der Waals surface area contributed by atoms with Gasteiger partial charge in [0, 0.05) is 39.3 Å². The third-order valence-corrected chi connectivity index (χ3v) is 5.43. The molecule has 6 nitrogen and oxygen atoms in total. The number of carbonyl (C=O) groups is 1. The number of carbonyl (C=O) groups excluding carboxylic acids is 1. The molecule has 0 saturated carbocycles. The van der Waals surface area contributed by atoms with Crippen LogP contribution in [0.2, 0.25) is 0 Å². The van der Waals surface area contributed by atoms with Crippen molar-refractivity contribution in [1.29, 1.82) is 0 Å². The second-order valence-electron chi connectivity index (χ2n) is 4.51. The van der Waals surface area contributed by atoms with Crippen molar-refractivity contribution in [2.45, 2.75) is 19.3 Å². The van der Waals surface area contributed by atoms with Crippen molar-refractivity contribution in [1.82, 2.24) is 13.5 Å². The van der Waals surface area contributed by atoms with Crippen LogP contribution >= 0.6 is 0 Å². The van der Waals surface area contributed by atoms with E-state index in [0.717, 1.165) is 25.7 Å². The van der Waals surface area contributed by atoms with Crippen LogP contribution in [0.3, 0.4) is 0 Å². The summed E-state index contributed by atoms with van der Waals surface area (Å²) in [4.78, 5) is 12.2. The topological polar surface area (TPSA) is 60.9 Å². The number of piperidine rings is 1. The Balaban J connectivity index is 1.98. The number of amides is 1. The van der Waals surface area contributed by atoms with E-state index in [0.29, 0.717) is 39.3 Å². The molecule has 0 N–H and O–H groups in total. The van der Waals surface area contributed by atoms with E-state index in [1.165, 1.54) is 4.31 Å². The first-order valence-corrected chi connectivity index (χ1v) is 7.49. The Morgan fingerprint density at radius 1 is 0.765 bits per heavy atom. The summed E-state index contributed by atoms with van der Waals surface area (Å²) in [6.45, 7) is 3.09. The Morgan fingerprint density at radius 2 is 1.29 bits per heavy atom. The van der Waals surface area contributed by atoms with E-state index in [9.17, 15) is 13.2 Å². The molecule has 98 valence electrons. The summed E-state index contributed by atoms with van der Waals surface area (Å²) >= 11 is 0. The molecule has 2 saturated heterocycles. The zero-order valence-corrected chi connectivity index (χ0v) is 10.7. The SMILES string of the molecule is O=CN1CCN(S(=O)(=O)N2CCCCC2)CC1. The first-order valence-electron chi connectivity index (χ1n) is 6.09. The first-order chi connectivity index (χ1) is 8.14. The van der Waals surface area contributed by atoms with Gasteiger partial charge >= 0.3 is 0 Å². The minimum absolute atomic E-state index is 0.414. The monoisotopic (exact) mass is 261 g/mol. The predicted molar refractivity (Wildman–Crippen MR) is 63.6 cm³/mol. The van der Waals surface area contributed by atoms with Crippen molar-refractivity contribution in [3.63, 3.8) is 0 Å². The normalized spacial score (nSPS) is 24.8. The second kappa shape index (κ2) is 5.32. The molecule has 0 aromatic carbocycles. The van der Waals surface area contributed by atoms with Crippen molar-refractivity contribution >= 4 is 16.6 Å². The van der Waals surface area contributed by atoms with Gasteiger partial charge in [-0.3, -0.25) is 4.79 Å². The van der Waals surface area contributed by atoms with E-state index in [2.05, 4.69) is 0 Å². The molecular formula is C10H19N3O3S. The van der Waals surface area contributed by atoms with Gasteiger partial charge in [-0.1, -0.05) is 6.42 Å². The number of piperazine rings is 1. The molecule has 1 amide bonds. The van der Waals surface area contributed by atoms with Crippen molar-refractivity contribution in [3.8, 4) is 0 Å². The van der Waals surface area contributed by atoms with Gasteiger partial charge in [-0.2, -0.15) is 17.0 Å². The number of nitrogens with zero attached hydrogens (tertiary/aromatic N) is 3. The zero-order chi connectivity index (χ0) is 12.3. The molecule has 2 heterocycles. The van der Waals surface area contributed by atoms with Crippen LogP contribution < -0.4 is 0 Å². The van der Waals surface area contributed by atoms with Gasteiger partial charge in [0.05, 0.1) is 0 Å². The minimum Gasteiger partial charge on any atom is -0.343 e. The molecule has 17 heavy (non-hydrogen) atoms. The van der Waals surface area contributed by atoms with Gasteiger partial charge in [-0.25, -0.2) is 0 Å². The van der Waals surface area contributed by atoms with E-state index in [1.807, 2.05) is 0 Å². The Labute approximate surface area is 102 Å². The largest absolute Gasteiger partial charge is 0.343 e. The molecule has 0 aromatic heterocycles. The number of hydrogen-bond acceptors (Lipinski definition) is 3. The van der Waals surface area contributed by atoms with E-state index < -0.39 is 10.2 Å². The quantitative estimate of drug-likeness (QED) is 0.643. The summed E-state index contributed by atoms with van der Waals surface area (Å²) in [5.74, 6) is 0. The van der Waals surface area contributed by atoms with Crippen LogP contribution in [-0.4, -0.2) is 67.6 Å². The number of rotatable bonds is 3. The van der Waals surface area contributed by atoms with Crippen LogP contribution in [0, 0.1) is 0 Å². The molecule has 2 rings (SSSR count). The molecule has 2 fully saturated rings. The fourth-order valence-electron chi connectivity index (χ4n) is 2.30. The van der Waals surface area contributed by atoms with Gasteiger partial charge in [0.15, 0.2) is 0 Å². The van der Waals surface area contributed by atoms with Crippen molar-refractivity contribution in [2.75, 3.05) is 39.3 Å². The van der Waals surface area contributed by atoms with Crippen LogP contribution in [0.1, 0.15) is 19.3 Å². The van der Waals surface area contributed by atoms with Gasteiger partial charge in [0.1, 0.15) is 0 Å². The van der Waals surface area contributed by atoms with E-state index >= 15 is 0 Å². The van der Waals surface area contributed by atoms with Gasteiger partial charge < -0.3 is 4.90 Å². The summed E-state index contributed by atoms with van der Waals surface area (Å²) in [7, 11) is -3.29. The van der Waals surface area contributed by atoms with E-state index in [-0.39, 0.29) is 0 Å². The Bertz CT molecular complexity index is 357. The molecule has 0 atom stereocenters. The average Bonchev–Trinajstić information content (AvgIpc) is 2.40. The highest BCUT2D eigenvalue weighted by atomic mass is 32.2. The summed E-state index contributed by atoms with van der Waals surface area (Å²) in [5.41, 5.74) is 0. The lowest BCUT2D eigenvalue weighted by molar-refractivity contribution is -0.119. The average molecular weight is 261 g/mol. The van der Waals surface area contributed by atoms with Gasteiger partial charge in [0.2, 0.25) is 6.41 Å². The Morgan fingerprint density at radius 3 is 1.82 bits per heavy atom. The third kappa shape index (κ3) is 2.78. The first kappa shape index (κ1) is 12.8. The Hall–Kier alpha value is -0.660. The summed E-state index contributed by atoms with van der Waals surface area (Å²) in [6, 6.07) is 0. The van der Waals surface area contributed by atoms with Crippen molar-refractivity contribution in [3.05, 3.63) is 0 Å². The smallest absolute Gasteiger partial charge is 0.282 e. The van der Waals surface area contributed by atoms with Crippen LogP contribution in [0.25, 0.3) is 0 Å². The molecule has 7 heteroatoms.